The van der Waals surface area contributed by atoms with Crippen LogP contribution in [0.1, 0.15) is 80.5 Å². The molecule has 8 rings (SSSR count). The van der Waals surface area contributed by atoms with Gasteiger partial charge in [-0.3, -0.25) is 54.8 Å². The summed E-state index contributed by atoms with van der Waals surface area (Å²) in [7, 11) is 0. The lowest BCUT2D eigenvalue weighted by atomic mass is 9.99. The second-order valence-electron chi connectivity index (χ2n) is 14.3. The van der Waals surface area contributed by atoms with Crippen molar-refractivity contribution in [3.05, 3.63) is 98.1 Å². The maximum Gasteiger partial charge on any atom is 0.266 e. The minimum absolute atomic E-state index is 0.0581. The minimum Gasteiger partial charge on any atom is -0.489 e. The van der Waals surface area contributed by atoms with E-state index in [9.17, 15) is 19.2 Å². The number of anilines is 1. The molecule has 6 heterocycles. The summed E-state index contributed by atoms with van der Waals surface area (Å²) in [6, 6.07) is 11.4. The number of nitrogens with zero attached hydrogens (tertiary/aromatic N) is 6. The summed E-state index contributed by atoms with van der Waals surface area (Å²) in [6.07, 6.45) is 5.11. The zero-order chi connectivity index (χ0) is 40.0. The van der Waals surface area contributed by atoms with Crippen LogP contribution >= 0.6 is 22.9 Å². The number of imide groups is 2. The van der Waals surface area contributed by atoms with E-state index in [1.807, 2.05) is 42.1 Å². The number of nitrogens with one attached hydrogen (secondary N) is 3. The van der Waals surface area contributed by atoms with Gasteiger partial charge in [-0.1, -0.05) is 41.6 Å². The van der Waals surface area contributed by atoms with E-state index in [0.29, 0.717) is 17.3 Å². The Kier molecular flexibility index (Phi) is 10.3. The molecule has 0 bridgehead atoms. The Labute approximate surface area is 337 Å². The Bertz CT molecular complexity index is 2450. The van der Waals surface area contributed by atoms with Crippen LogP contribution in [0.3, 0.4) is 0 Å². The van der Waals surface area contributed by atoms with Gasteiger partial charge in [-0.25, -0.2) is 0 Å². The molecule has 1 unspecified atom stereocenters. The molecule has 4 aliphatic heterocycles. The molecule has 290 valence electrons. The number of aliphatic imine (C=N–C) groups is 1. The molecule has 4 amide bonds. The van der Waals surface area contributed by atoms with Crippen molar-refractivity contribution in [2.45, 2.75) is 58.2 Å². The van der Waals surface area contributed by atoms with Gasteiger partial charge in [0.15, 0.2) is 0 Å². The van der Waals surface area contributed by atoms with Crippen LogP contribution in [0.5, 0.6) is 5.75 Å². The number of amidine groups is 2. The van der Waals surface area contributed by atoms with Gasteiger partial charge in [0.25, 0.3) is 11.8 Å². The van der Waals surface area contributed by atoms with Gasteiger partial charge in [-0.15, -0.1) is 11.3 Å². The van der Waals surface area contributed by atoms with Gasteiger partial charge in [0.05, 0.1) is 46.6 Å². The maximum absolute atomic E-state index is 13.5. The van der Waals surface area contributed by atoms with Crippen LogP contribution in [-0.2, 0) is 16.1 Å². The molecule has 2 aromatic carbocycles. The molecule has 1 atom stereocenters. The minimum atomic E-state index is -1.03. The lowest BCUT2D eigenvalue weighted by molar-refractivity contribution is -0.136. The number of benzene rings is 2. The van der Waals surface area contributed by atoms with Crippen molar-refractivity contribution in [1.29, 1.82) is 10.8 Å². The monoisotopic (exact) mass is 803 g/mol. The van der Waals surface area contributed by atoms with Crippen molar-refractivity contribution in [2.75, 3.05) is 31.1 Å². The third-order valence-electron chi connectivity index (χ3n) is 10.5. The number of hydrogen-bond acceptors (Lipinski definition) is 11. The summed E-state index contributed by atoms with van der Waals surface area (Å²) in [5.41, 5.74) is 4.55. The van der Waals surface area contributed by atoms with Gasteiger partial charge >= 0.3 is 0 Å². The molecule has 0 aliphatic carbocycles. The van der Waals surface area contributed by atoms with Crippen molar-refractivity contribution in [1.82, 2.24) is 24.9 Å². The van der Waals surface area contributed by atoms with E-state index in [4.69, 9.17) is 32.1 Å². The van der Waals surface area contributed by atoms with E-state index >= 15 is 0 Å². The fraction of sp³-hybridized carbons (Fsp3) is 0.317. The molecule has 14 nitrogen and oxygen atoms in total. The van der Waals surface area contributed by atoms with E-state index < -0.39 is 29.7 Å². The molecule has 16 heteroatoms. The molecular weight excluding hydrogens is 766 g/mol. The number of thiophene rings is 1. The van der Waals surface area contributed by atoms with E-state index in [0.717, 1.165) is 75.2 Å². The average molecular weight is 804 g/mol. The Morgan fingerprint density at radius 1 is 1.02 bits per heavy atom. The molecule has 0 spiro atoms. The quantitative estimate of drug-likeness (QED) is 0.103. The predicted octanol–water partition coefficient (Wildman–Crippen LogP) is 4.88. The third kappa shape index (κ3) is 7.39. The molecule has 4 aliphatic rings. The smallest absolute Gasteiger partial charge is 0.266 e. The van der Waals surface area contributed by atoms with Gasteiger partial charge in [0, 0.05) is 48.4 Å². The van der Waals surface area contributed by atoms with Gasteiger partial charge in [-0.05, 0) is 62.9 Å². The van der Waals surface area contributed by atoms with Crippen LogP contribution in [0.4, 0.5) is 5.00 Å². The van der Waals surface area contributed by atoms with Crippen molar-refractivity contribution >= 4 is 69.0 Å². The number of likely N-dealkylation sites (tertiary alicyclic amines) is 1. The molecule has 2 fully saturated rings. The van der Waals surface area contributed by atoms with E-state index in [1.54, 1.807) is 36.2 Å². The van der Waals surface area contributed by atoms with Crippen LogP contribution in [0.25, 0.3) is 0 Å². The second-order valence-corrected chi connectivity index (χ2v) is 15.7. The molecule has 0 saturated carbocycles. The van der Waals surface area contributed by atoms with Crippen molar-refractivity contribution in [2.24, 2.45) is 4.99 Å². The van der Waals surface area contributed by atoms with E-state index in [1.165, 1.54) is 11.3 Å². The summed E-state index contributed by atoms with van der Waals surface area (Å²) in [5, 5.41) is 25.3. The number of hydrogen-bond donors (Lipinski definition) is 3. The number of rotatable bonds is 7. The first-order valence-electron chi connectivity index (χ1n) is 18.6. The largest absolute Gasteiger partial charge is 0.489 e. The molecule has 57 heavy (non-hydrogen) atoms. The summed E-state index contributed by atoms with van der Waals surface area (Å²) in [6.45, 7) is 6.79. The number of piperidine rings is 2. The fourth-order valence-electron chi connectivity index (χ4n) is 7.61. The topological polar surface area (TPSA) is 177 Å². The highest BCUT2D eigenvalue weighted by atomic mass is 35.5. The molecular formula is C41H38ClN9O5S. The fourth-order valence-corrected chi connectivity index (χ4v) is 8.98. The predicted molar refractivity (Wildman–Crippen MR) is 216 cm³/mol. The van der Waals surface area contributed by atoms with Crippen LogP contribution in [0.15, 0.2) is 59.9 Å². The molecule has 2 saturated heterocycles. The number of amides is 4. The number of carbonyl (C=O) groups excluding carboxylic acids is 4. The van der Waals surface area contributed by atoms with Crippen molar-refractivity contribution in [3.8, 4) is 17.6 Å². The molecule has 3 N–H and O–H groups in total. The normalized spacial score (nSPS) is 18.8. The van der Waals surface area contributed by atoms with E-state index in [2.05, 4.69) is 27.2 Å². The molecule has 2 aromatic heterocycles. The molecule has 4 aromatic rings. The van der Waals surface area contributed by atoms with E-state index in [-0.39, 0.29) is 48.3 Å². The highest BCUT2D eigenvalue weighted by Crippen LogP contribution is 2.39. The zero-order valence-electron chi connectivity index (χ0n) is 31.2. The van der Waals surface area contributed by atoms with Crippen molar-refractivity contribution < 1.29 is 23.9 Å². The van der Waals surface area contributed by atoms with Gasteiger partial charge < -0.3 is 9.64 Å². The molecule has 0 radical (unpaired) electrons. The third-order valence-corrected chi connectivity index (χ3v) is 12.0. The van der Waals surface area contributed by atoms with Gasteiger partial charge in [0.1, 0.15) is 34.6 Å². The number of carbonyl (C=O) groups is 4. The van der Waals surface area contributed by atoms with Crippen LogP contribution in [-0.4, -0.2) is 98.9 Å². The zero-order valence-corrected chi connectivity index (χ0v) is 32.8. The maximum atomic E-state index is 13.5. The number of ether oxygens (including phenoxy) is 1. The lowest BCUT2D eigenvalue weighted by Gasteiger charge is -2.32. The summed E-state index contributed by atoms with van der Waals surface area (Å²) < 4.78 is 8.20. The highest BCUT2D eigenvalue weighted by Gasteiger charge is 2.46. The summed E-state index contributed by atoms with van der Waals surface area (Å²) in [5.74, 6) is 5.18. The van der Waals surface area contributed by atoms with Gasteiger partial charge in [-0.2, -0.15) is 5.10 Å². The summed E-state index contributed by atoms with van der Waals surface area (Å²) >= 11 is 7.62. The number of aromatic nitrogens is 2. The van der Waals surface area contributed by atoms with Crippen LogP contribution < -0.4 is 15.0 Å². The number of halogens is 1. The standard InChI is InChI=1S/C41H38ClN9O5S/c1-23-32(57-41-35(23)37(26-7-9-27(42)10-8-26)45-21-33(44)50(41)24(2)43)12-6-25-20-46-49(22-25)19-18-48-16-14-28(15-17-48)56-31-5-3-4-29-36(31)40(55)51(39(29)54)30-11-13-34(52)47-38(30)53/h3-5,7-10,20,22,28,30,43-44H,11,13-19,21H2,1-2H3,(H,47,52,53). The van der Waals surface area contributed by atoms with Gasteiger partial charge in [0.2, 0.25) is 11.8 Å². The Hall–Kier alpha value is -5.95. The first kappa shape index (κ1) is 37.9. The summed E-state index contributed by atoms with van der Waals surface area (Å²) in [4.78, 5) is 61.4. The highest BCUT2D eigenvalue weighted by molar-refractivity contribution is 7.17. The SMILES string of the molecule is CC(=N)N1C(=N)CN=C(c2ccc(Cl)cc2)c2c1sc(C#Cc1cnn(CCN3CCC(Oc4cccc5c4C(=O)N(C4CCC(=O)NC4=O)C5=O)CC3)c1)c2C. The van der Waals surface area contributed by atoms with Crippen LogP contribution in [0.2, 0.25) is 5.02 Å². The number of fused-ring (bicyclic) bond motifs is 2. The second kappa shape index (κ2) is 15.5. The Morgan fingerprint density at radius 3 is 2.53 bits per heavy atom. The van der Waals surface area contributed by atoms with Crippen molar-refractivity contribution in [3.63, 3.8) is 0 Å². The Morgan fingerprint density at radius 2 is 1.79 bits per heavy atom. The Balaban J connectivity index is 0.891. The average Bonchev–Trinajstić information content (AvgIpc) is 3.82. The lowest BCUT2D eigenvalue weighted by Crippen LogP contribution is -2.54. The van der Waals surface area contributed by atoms with Crippen LogP contribution in [0, 0.1) is 29.6 Å². The first-order chi connectivity index (χ1) is 27.5. The first-order valence-corrected chi connectivity index (χ1v) is 19.8.